The molecule has 8 bridgehead atoms. The molecule has 3 aromatic rings. The van der Waals surface area contributed by atoms with Gasteiger partial charge in [0, 0.05) is 34.9 Å². The Bertz CT molecular complexity index is 1940. The van der Waals surface area contributed by atoms with Crippen molar-refractivity contribution in [2.75, 3.05) is 14.2 Å². The first-order valence-corrected chi connectivity index (χ1v) is 15.8. The zero-order chi connectivity index (χ0) is 32.6. The van der Waals surface area contributed by atoms with Crippen molar-refractivity contribution in [3.8, 4) is 0 Å². The fourth-order valence-electron chi connectivity index (χ4n) is 6.76. The monoisotopic (exact) mass is 608 g/mol. The third kappa shape index (κ3) is 5.86. The Morgan fingerprint density at radius 1 is 0.644 bits per heavy atom. The number of nitrogens with zero attached hydrogens (tertiary/aromatic N) is 2. The Morgan fingerprint density at radius 3 is 1.91 bits per heavy atom. The predicted molar refractivity (Wildman–Crippen MR) is 181 cm³/mol. The van der Waals surface area contributed by atoms with Crippen LogP contribution < -0.4 is 0 Å². The molecule has 2 aliphatic rings. The number of carbonyl (C=O) groups is 2. The number of rotatable bonds is 8. The SMILES string of the molecule is CCC1=C(C)c2cc3nc(cc4[nH]c(cc5[nH]c(c(C)c1n2)c(C)c5CC)c(C)c4CCC(=O)OC)C(CCC(=O)OC)=C3C. The maximum Gasteiger partial charge on any atom is 0.305 e. The maximum atomic E-state index is 12.2. The summed E-state index contributed by atoms with van der Waals surface area (Å²) in [6.07, 6.45) is 3.28. The van der Waals surface area contributed by atoms with Gasteiger partial charge in [0.2, 0.25) is 0 Å². The topological polar surface area (TPSA) is 110 Å². The molecule has 3 aromatic heterocycles. The van der Waals surface area contributed by atoms with Crippen LogP contribution in [0.4, 0.5) is 0 Å². The van der Waals surface area contributed by atoms with Crippen molar-refractivity contribution in [1.82, 2.24) is 19.9 Å². The first-order chi connectivity index (χ1) is 21.5. The molecule has 5 heterocycles. The van der Waals surface area contributed by atoms with E-state index in [1.54, 1.807) is 0 Å². The molecule has 45 heavy (non-hydrogen) atoms. The van der Waals surface area contributed by atoms with Crippen LogP contribution in [0, 0.1) is 20.8 Å². The van der Waals surface area contributed by atoms with Crippen molar-refractivity contribution in [3.63, 3.8) is 0 Å². The minimum atomic E-state index is -0.263. The molecule has 8 nitrogen and oxygen atoms in total. The summed E-state index contributed by atoms with van der Waals surface area (Å²) in [7, 11) is 2.83. The second-order valence-electron chi connectivity index (χ2n) is 11.9. The van der Waals surface area contributed by atoms with Crippen LogP contribution in [0.15, 0.2) is 18.2 Å². The van der Waals surface area contributed by atoms with Gasteiger partial charge in [0.1, 0.15) is 0 Å². The van der Waals surface area contributed by atoms with Crippen LogP contribution in [0.5, 0.6) is 0 Å². The Labute approximate surface area is 265 Å². The van der Waals surface area contributed by atoms with Gasteiger partial charge < -0.3 is 19.4 Å². The first-order valence-electron chi connectivity index (χ1n) is 15.8. The lowest BCUT2D eigenvalue weighted by atomic mass is 9.98. The highest BCUT2D eigenvalue weighted by molar-refractivity contribution is 5.96. The van der Waals surface area contributed by atoms with Gasteiger partial charge in [-0.1, -0.05) is 13.8 Å². The number of hydrogen-bond acceptors (Lipinski definition) is 6. The van der Waals surface area contributed by atoms with Gasteiger partial charge in [-0.05, 0) is 129 Å². The molecule has 5 rings (SSSR count). The van der Waals surface area contributed by atoms with Crippen LogP contribution in [-0.4, -0.2) is 46.1 Å². The molecule has 0 fully saturated rings. The molecule has 0 spiro atoms. The number of nitrogens with one attached hydrogen (secondary N) is 2. The zero-order valence-electron chi connectivity index (χ0n) is 28.0. The number of aryl methyl sites for hydroxylation is 5. The van der Waals surface area contributed by atoms with Crippen LogP contribution in [0.2, 0.25) is 0 Å². The number of aromatic amines is 2. The van der Waals surface area contributed by atoms with Crippen LogP contribution >= 0.6 is 0 Å². The van der Waals surface area contributed by atoms with E-state index in [1.807, 2.05) is 0 Å². The molecule has 0 radical (unpaired) electrons. The highest BCUT2D eigenvalue weighted by Gasteiger charge is 2.23. The summed E-state index contributed by atoms with van der Waals surface area (Å²) in [5.74, 6) is -0.517. The van der Waals surface area contributed by atoms with E-state index in [2.05, 4.69) is 76.6 Å². The number of aromatic nitrogens is 4. The average Bonchev–Trinajstić information content (AvgIpc) is 3.71. The fraction of sp³-hybridized carbons (Fsp3) is 0.405. The Kier molecular flexibility index (Phi) is 9.14. The van der Waals surface area contributed by atoms with E-state index in [0.29, 0.717) is 12.8 Å². The number of H-pyrrole nitrogens is 2. The van der Waals surface area contributed by atoms with Crippen LogP contribution in [0.3, 0.4) is 0 Å². The standard InChI is InChI=1S/C37H44N4O4/c1-10-24-22(6)36-23(7)37-25(11-2)19(3)30(40-37)16-28-20(4)26(12-14-34(42)44-8)32(38-28)18-33-27(13-15-35(43)45-9)21(5)29(39-33)17-31(24)41-36/h16-18,39,41H,10-15H2,1-9H3. The molecule has 0 saturated carbocycles. The van der Waals surface area contributed by atoms with E-state index >= 15 is 0 Å². The number of fused-ring (bicyclic) bond motifs is 8. The summed E-state index contributed by atoms with van der Waals surface area (Å²) < 4.78 is 9.94. The Balaban J connectivity index is 1.93. The summed E-state index contributed by atoms with van der Waals surface area (Å²) in [6, 6.07) is 6.31. The molecular weight excluding hydrogens is 564 g/mol. The van der Waals surface area contributed by atoms with Gasteiger partial charge in [0.15, 0.2) is 0 Å². The summed E-state index contributed by atoms with van der Waals surface area (Å²) in [4.78, 5) is 42.2. The lowest BCUT2D eigenvalue weighted by molar-refractivity contribution is -0.141. The molecule has 236 valence electrons. The van der Waals surface area contributed by atoms with Crippen molar-refractivity contribution in [2.24, 2.45) is 0 Å². The molecular formula is C37H44N4O4. The minimum Gasteiger partial charge on any atom is -0.469 e. The van der Waals surface area contributed by atoms with Gasteiger partial charge in [-0.15, -0.1) is 0 Å². The first kappa shape index (κ1) is 31.9. The smallest absolute Gasteiger partial charge is 0.305 e. The third-order valence-electron chi connectivity index (χ3n) is 9.50. The van der Waals surface area contributed by atoms with Crippen molar-refractivity contribution < 1.29 is 19.1 Å². The number of esters is 2. The van der Waals surface area contributed by atoms with Gasteiger partial charge >= 0.3 is 11.9 Å². The zero-order valence-corrected chi connectivity index (χ0v) is 28.0. The normalized spacial score (nSPS) is 13.1. The largest absolute Gasteiger partial charge is 0.469 e. The lowest BCUT2D eigenvalue weighted by Gasteiger charge is -2.05. The molecule has 0 amide bonds. The van der Waals surface area contributed by atoms with E-state index in [4.69, 9.17) is 19.4 Å². The highest BCUT2D eigenvalue weighted by atomic mass is 16.5. The van der Waals surface area contributed by atoms with Gasteiger partial charge in [-0.25, -0.2) is 9.97 Å². The second kappa shape index (κ2) is 12.9. The maximum absolute atomic E-state index is 12.2. The minimum absolute atomic E-state index is 0.251. The molecule has 0 aromatic carbocycles. The number of methoxy groups -OCH3 is 2. The molecule has 0 saturated heterocycles. The van der Waals surface area contributed by atoms with Crippen molar-refractivity contribution >= 4 is 56.3 Å². The lowest BCUT2D eigenvalue weighted by Crippen LogP contribution is -2.02. The second-order valence-corrected chi connectivity index (χ2v) is 11.9. The van der Waals surface area contributed by atoms with Crippen molar-refractivity contribution in [1.29, 1.82) is 0 Å². The van der Waals surface area contributed by atoms with Crippen molar-refractivity contribution in [3.05, 3.63) is 68.8 Å². The molecule has 0 unspecified atom stereocenters. The highest BCUT2D eigenvalue weighted by Crippen LogP contribution is 2.38. The summed E-state index contributed by atoms with van der Waals surface area (Å²) in [5, 5.41) is 0. The third-order valence-corrected chi connectivity index (χ3v) is 9.50. The molecule has 2 aliphatic heterocycles. The average molecular weight is 609 g/mol. The van der Waals surface area contributed by atoms with Gasteiger partial charge in [-0.2, -0.15) is 0 Å². The van der Waals surface area contributed by atoms with E-state index in [9.17, 15) is 9.59 Å². The van der Waals surface area contributed by atoms with E-state index in [0.717, 1.165) is 91.1 Å². The van der Waals surface area contributed by atoms with Crippen LogP contribution in [-0.2, 0) is 31.9 Å². The summed E-state index contributed by atoms with van der Waals surface area (Å²) >= 11 is 0. The van der Waals surface area contributed by atoms with Crippen molar-refractivity contribution in [2.45, 2.75) is 87.0 Å². The quantitative estimate of drug-likeness (QED) is 0.250. The van der Waals surface area contributed by atoms with Crippen LogP contribution in [0.25, 0.3) is 44.4 Å². The predicted octanol–water partition coefficient (Wildman–Crippen LogP) is 8.13. The molecule has 2 N–H and O–H groups in total. The van der Waals surface area contributed by atoms with E-state index in [1.165, 1.54) is 30.9 Å². The Hall–Kier alpha value is -4.46. The summed E-state index contributed by atoms with van der Waals surface area (Å²) in [6.45, 7) is 15.0. The number of carbonyl (C=O) groups excluding carboxylic acids is 2. The number of allylic oxidation sites excluding steroid dienone is 4. The fourth-order valence-corrected chi connectivity index (χ4v) is 6.76. The molecule has 0 aliphatic carbocycles. The molecule has 8 heteroatoms. The van der Waals surface area contributed by atoms with Gasteiger partial charge in [-0.3, -0.25) is 9.59 Å². The number of hydrogen-bond donors (Lipinski definition) is 2. The Morgan fingerprint density at radius 2 is 1.27 bits per heavy atom. The summed E-state index contributed by atoms with van der Waals surface area (Å²) in [5.41, 5.74) is 17.7. The molecule has 0 atom stereocenters. The van der Waals surface area contributed by atoms with Gasteiger partial charge in [0.05, 0.1) is 37.0 Å². The van der Waals surface area contributed by atoms with Gasteiger partial charge in [0.25, 0.3) is 0 Å². The number of ether oxygens (including phenoxy) is 2. The van der Waals surface area contributed by atoms with Crippen LogP contribution in [0.1, 0.15) is 104 Å². The van der Waals surface area contributed by atoms with E-state index < -0.39 is 0 Å². The van der Waals surface area contributed by atoms with E-state index in [-0.39, 0.29) is 24.8 Å².